The molecule has 0 radical (unpaired) electrons. The van der Waals surface area contributed by atoms with E-state index in [1.54, 1.807) is 18.3 Å². The monoisotopic (exact) mass is 402 g/mol. The van der Waals surface area contributed by atoms with Gasteiger partial charge in [0.25, 0.3) is 5.91 Å². The summed E-state index contributed by atoms with van der Waals surface area (Å²) >= 11 is 1.44. The van der Waals surface area contributed by atoms with Crippen LogP contribution < -0.4 is 10.6 Å². The van der Waals surface area contributed by atoms with Crippen molar-refractivity contribution < 1.29 is 14.1 Å². The first kappa shape index (κ1) is 20.4. The van der Waals surface area contributed by atoms with Gasteiger partial charge in [-0.15, -0.1) is 0 Å². The lowest BCUT2D eigenvalue weighted by atomic mass is 9.89. The van der Waals surface area contributed by atoms with Crippen LogP contribution in [0.15, 0.2) is 33.9 Å². The van der Waals surface area contributed by atoms with E-state index in [9.17, 15) is 9.59 Å². The van der Waals surface area contributed by atoms with Gasteiger partial charge in [-0.25, -0.2) is 4.98 Å². The Morgan fingerprint density at radius 3 is 2.75 bits per heavy atom. The molecule has 8 heteroatoms. The summed E-state index contributed by atoms with van der Waals surface area (Å²) in [5.74, 6) is 1.37. The van der Waals surface area contributed by atoms with Gasteiger partial charge in [-0.1, -0.05) is 36.2 Å². The molecule has 150 valence electrons. The number of rotatable bonds is 8. The van der Waals surface area contributed by atoms with Crippen LogP contribution in [0, 0.1) is 12.8 Å². The molecule has 0 unspecified atom stereocenters. The zero-order chi connectivity index (χ0) is 19.8. The number of hydrogen-bond donors (Lipinski definition) is 2. The van der Waals surface area contributed by atoms with Gasteiger partial charge in [0.15, 0.2) is 0 Å². The van der Waals surface area contributed by atoms with E-state index >= 15 is 0 Å². The van der Waals surface area contributed by atoms with Crippen LogP contribution in [-0.2, 0) is 10.5 Å². The van der Waals surface area contributed by atoms with Crippen molar-refractivity contribution >= 4 is 23.6 Å². The first-order chi connectivity index (χ1) is 13.6. The molecule has 1 saturated carbocycles. The summed E-state index contributed by atoms with van der Waals surface area (Å²) < 4.78 is 5.06. The van der Waals surface area contributed by atoms with Gasteiger partial charge in [-0.2, -0.15) is 0 Å². The predicted molar refractivity (Wildman–Crippen MR) is 107 cm³/mol. The van der Waals surface area contributed by atoms with E-state index in [1.165, 1.54) is 18.2 Å². The van der Waals surface area contributed by atoms with Crippen molar-refractivity contribution in [2.45, 2.75) is 49.8 Å². The number of aromatic nitrogens is 2. The van der Waals surface area contributed by atoms with Gasteiger partial charge in [0.1, 0.15) is 10.8 Å². The van der Waals surface area contributed by atoms with Crippen LogP contribution in [0.4, 0.5) is 0 Å². The fourth-order valence-electron chi connectivity index (χ4n) is 3.27. The summed E-state index contributed by atoms with van der Waals surface area (Å²) in [5, 5.41) is 10.4. The molecule has 2 amide bonds. The lowest BCUT2D eigenvalue weighted by Gasteiger charge is -2.20. The van der Waals surface area contributed by atoms with E-state index in [0.717, 1.165) is 37.1 Å². The molecule has 0 saturated heterocycles. The number of hydrogen-bond acceptors (Lipinski definition) is 6. The first-order valence-electron chi connectivity index (χ1n) is 9.69. The molecular weight excluding hydrogens is 376 g/mol. The topological polar surface area (TPSA) is 97.1 Å². The van der Waals surface area contributed by atoms with Crippen LogP contribution in [0.3, 0.4) is 0 Å². The van der Waals surface area contributed by atoms with Crippen LogP contribution in [-0.4, -0.2) is 35.0 Å². The number of nitrogens with one attached hydrogen (secondary N) is 2. The Labute approximate surface area is 169 Å². The largest absolute Gasteiger partial charge is 0.361 e. The van der Waals surface area contributed by atoms with Crippen molar-refractivity contribution in [2.75, 3.05) is 13.1 Å². The molecule has 28 heavy (non-hydrogen) atoms. The van der Waals surface area contributed by atoms with Crippen LogP contribution in [0.1, 0.15) is 53.9 Å². The molecule has 0 aliphatic heterocycles. The smallest absolute Gasteiger partial charge is 0.254 e. The molecule has 2 heterocycles. The molecule has 0 aromatic carbocycles. The van der Waals surface area contributed by atoms with Gasteiger partial charge in [-0.3, -0.25) is 9.59 Å². The molecule has 7 nitrogen and oxygen atoms in total. The molecule has 0 atom stereocenters. The molecule has 3 rings (SSSR count). The zero-order valence-corrected chi connectivity index (χ0v) is 16.9. The van der Waals surface area contributed by atoms with Gasteiger partial charge in [0.05, 0.1) is 11.3 Å². The Kier molecular flexibility index (Phi) is 7.47. The Morgan fingerprint density at radius 2 is 2.00 bits per heavy atom. The van der Waals surface area contributed by atoms with Crippen molar-refractivity contribution in [3.63, 3.8) is 0 Å². The Bertz CT molecular complexity index is 802. The molecule has 1 aliphatic rings. The lowest BCUT2D eigenvalue weighted by Crippen LogP contribution is -2.38. The van der Waals surface area contributed by atoms with E-state index < -0.39 is 0 Å². The third-order valence-corrected chi connectivity index (χ3v) is 5.77. The highest BCUT2D eigenvalue weighted by Crippen LogP contribution is 2.24. The van der Waals surface area contributed by atoms with Crippen LogP contribution in [0.5, 0.6) is 0 Å². The maximum absolute atomic E-state index is 12.5. The predicted octanol–water partition coefficient (Wildman–Crippen LogP) is 3.10. The molecular formula is C20H26N4O3S. The number of aryl methyl sites for hydroxylation is 1. The van der Waals surface area contributed by atoms with Crippen molar-refractivity contribution in [1.29, 1.82) is 0 Å². The normalized spacial score (nSPS) is 14.6. The Balaban J connectivity index is 1.45. The Morgan fingerprint density at radius 1 is 1.21 bits per heavy atom. The quantitative estimate of drug-likeness (QED) is 0.520. The highest BCUT2D eigenvalue weighted by Gasteiger charge is 2.20. The van der Waals surface area contributed by atoms with Crippen molar-refractivity contribution in [3.8, 4) is 0 Å². The van der Waals surface area contributed by atoms with E-state index in [2.05, 4.69) is 20.8 Å². The standard InChI is InChI=1S/C20H26N4O3S/c1-14-12-16(24-27-14)13-28-20-17(8-5-9-23-20)19(26)22-11-10-21-18(25)15-6-3-2-4-7-15/h5,8-9,12,15H,2-4,6-7,10-11,13H2,1H3,(H,21,25)(H,22,26). The zero-order valence-electron chi connectivity index (χ0n) is 16.1. The number of amides is 2. The molecule has 1 fully saturated rings. The summed E-state index contributed by atoms with van der Waals surface area (Å²) in [6.45, 7) is 2.66. The highest BCUT2D eigenvalue weighted by atomic mass is 32.2. The van der Waals surface area contributed by atoms with Gasteiger partial charge in [-0.05, 0) is 31.9 Å². The minimum atomic E-state index is -0.196. The summed E-state index contributed by atoms with van der Waals surface area (Å²) in [6, 6.07) is 5.36. The van der Waals surface area contributed by atoms with Crippen molar-refractivity contribution in [2.24, 2.45) is 5.92 Å². The molecule has 0 spiro atoms. The van der Waals surface area contributed by atoms with Crippen molar-refractivity contribution in [3.05, 3.63) is 41.4 Å². The maximum atomic E-state index is 12.5. The van der Waals surface area contributed by atoms with Gasteiger partial charge in [0, 0.05) is 37.0 Å². The number of carbonyl (C=O) groups is 2. The molecule has 2 aromatic rings. The van der Waals surface area contributed by atoms with E-state index in [-0.39, 0.29) is 17.7 Å². The molecule has 0 bridgehead atoms. The number of carbonyl (C=O) groups excluding carboxylic acids is 2. The lowest BCUT2D eigenvalue weighted by molar-refractivity contribution is -0.125. The van der Waals surface area contributed by atoms with Gasteiger partial charge >= 0.3 is 0 Å². The van der Waals surface area contributed by atoms with Crippen LogP contribution in [0.2, 0.25) is 0 Å². The third kappa shape index (κ3) is 5.82. The molecule has 1 aliphatic carbocycles. The van der Waals surface area contributed by atoms with Gasteiger partial charge in [0.2, 0.25) is 5.91 Å². The van der Waals surface area contributed by atoms with E-state index in [4.69, 9.17) is 4.52 Å². The summed E-state index contributed by atoms with van der Waals surface area (Å²) in [7, 11) is 0. The van der Waals surface area contributed by atoms with Crippen LogP contribution >= 0.6 is 11.8 Å². The van der Waals surface area contributed by atoms with Crippen molar-refractivity contribution in [1.82, 2.24) is 20.8 Å². The maximum Gasteiger partial charge on any atom is 0.254 e. The third-order valence-electron chi connectivity index (χ3n) is 4.74. The number of nitrogens with zero attached hydrogens (tertiary/aromatic N) is 2. The average Bonchev–Trinajstić information content (AvgIpc) is 3.15. The van der Waals surface area contributed by atoms with E-state index in [0.29, 0.717) is 29.4 Å². The average molecular weight is 403 g/mol. The number of pyridine rings is 1. The first-order valence-corrected chi connectivity index (χ1v) is 10.7. The number of thioether (sulfide) groups is 1. The second-order valence-corrected chi connectivity index (χ2v) is 7.92. The minimum absolute atomic E-state index is 0.106. The summed E-state index contributed by atoms with van der Waals surface area (Å²) in [5.41, 5.74) is 1.33. The van der Waals surface area contributed by atoms with Crippen LogP contribution in [0.25, 0.3) is 0 Å². The minimum Gasteiger partial charge on any atom is -0.361 e. The Hall–Kier alpha value is -2.35. The SMILES string of the molecule is Cc1cc(CSc2ncccc2C(=O)NCCNC(=O)C2CCCCC2)no1. The van der Waals surface area contributed by atoms with Gasteiger partial charge < -0.3 is 15.2 Å². The van der Waals surface area contributed by atoms with E-state index in [1.807, 2.05) is 13.0 Å². The second-order valence-electron chi connectivity index (χ2n) is 6.96. The second kappa shape index (κ2) is 10.3. The summed E-state index contributed by atoms with van der Waals surface area (Å²) in [6.07, 6.45) is 7.09. The molecule has 2 N–H and O–H groups in total. The summed E-state index contributed by atoms with van der Waals surface area (Å²) in [4.78, 5) is 29.0. The fourth-order valence-corrected chi connectivity index (χ4v) is 4.15. The fraction of sp³-hybridized carbons (Fsp3) is 0.500. The molecule has 2 aromatic heterocycles. The highest BCUT2D eigenvalue weighted by molar-refractivity contribution is 7.98.